The molecule has 0 radical (unpaired) electrons. The molecule has 0 aliphatic carbocycles. The molecule has 2 aromatic rings. The van der Waals surface area contributed by atoms with Gasteiger partial charge in [-0.1, -0.05) is 12.1 Å². The molecule has 0 aliphatic heterocycles. The Hall–Kier alpha value is -2.67. The SMILES string of the molecule is Cc1cc(C)c(C#N)c(-c2ccc(C(=O)N(C)C)cc2)n1. The van der Waals surface area contributed by atoms with Gasteiger partial charge < -0.3 is 4.90 Å². The molecule has 0 N–H and O–H groups in total. The third-order valence-corrected chi connectivity index (χ3v) is 3.27. The Morgan fingerprint density at radius 2 is 1.81 bits per heavy atom. The van der Waals surface area contributed by atoms with Gasteiger partial charge in [-0.15, -0.1) is 0 Å². The van der Waals surface area contributed by atoms with Crippen molar-refractivity contribution in [3.05, 3.63) is 52.7 Å². The van der Waals surface area contributed by atoms with Gasteiger partial charge in [0.2, 0.25) is 0 Å². The average molecular weight is 279 g/mol. The molecule has 0 saturated carbocycles. The van der Waals surface area contributed by atoms with Gasteiger partial charge in [0.1, 0.15) is 6.07 Å². The summed E-state index contributed by atoms with van der Waals surface area (Å²) >= 11 is 0. The van der Waals surface area contributed by atoms with Crippen LogP contribution in [0.25, 0.3) is 11.3 Å². The van der Waals surface area contributed by atoms with Crippen LogP contribution in [0.3, 0.4) is 0 Å². The number of aromatic nitrogens is 1. The van der Waals surface area contributed by atoms with Crippen molar-refractivity contribution in [1.82, 2.24) is 9.88 Å². The molecule has 0 fully saturated rings. The van der Waals surface area contributed by atoms with Gasteiger partial charge in [-0.05, 0) is 37.6 Å². The fourth-order valence-electron chi connectivity index (χ4n) is 2.22. The number of nitrogens with zero attached hydrogens (tertiary/aromatic N) is 3. The Labute approximate surface area is 124 Å². The van der Waals surface area contributed by atoms with E-state index in [0.29, 0.717) is 16.8 Å². The molecule has 2 rings (SSSR count). The van der Waals surface area contributed by atoms with Crippen molar-refractivity contribution in [2.24, 2.45) is 0 Å². The lowest BCUT2D eigenvalue weighted by Crippen LogP contribution is -2.21. The van der Waals surface area contributed by atoms with Crippen LogP contribution in [0.2, 0.25) is 0 Å². The summed E-state index contributed by atoms with van der Waals surface area (Å²) < 4.78 is 0. The van der Waals surface area contributed by atoms with Crippen LogP contribution < -0.4 is 0 Å². The fraction of sp³-hybridized carbons (Fsp3) is 0.235. The number of pyridine rings is 1. The zero-order valence-electron chi connectivity index (χ0n) is 12.6. The van der Waals surface area contributed by atoms with Gasteiger partial charge in [-0.25, -0.2) is 0 Å². The van der Waals surface area contributed by atoms with E-state index in [1.54, 1.807) is 26.2 Å². The highest BCUT2D eigenvalue weighted by molar-refractivity contribution is 5.94. The number of aryl methyl sites for hydroxylation is 2. The van der Waals surface area contributed by atoms with Gasteiger partial charge in [0.15, 0.2) is 0 Å². The number of amides is 1. The quantitative estimate of drug-likeness (QED) is 0.849. The Morgan fingerprint density at radius 1 is 1.19 bits per heavy atom. The molecule has 1 amide bonds. The highest BCUT2D eigenvalue weighted by Crippen LogP contribution is 2.24. The molecule has 4 heteroatoms. The third kappa shape index (κ3) is 2.92. The molecule has 0 aliphatic rings. The fourth-order valence-corrected chi connectivity index (χ4v) is 2.22. The predicted octanol–water partition coefficient (Wildman–Crippen LogP) is 2.94. The molecule has 1 aromatic carbocycles. The molecule has 1 aromatic heterocycles. The number of rotatable bonds is 2. The number of benzene rings is 1. The van der Waals surface area contributed by atoms with Crippen LogP contribution in [0.1, 0.15) is 27.2 Å². The average Bonchev–Trinajstić information content (AvgIpc) is 2.46. The Bertz CT molecular complexity index is 725. The highest BCUT2D eigenvalue weighted by atomic mass is 16.2. The summed E-state index contributed by atoms with van der Waals surface area (Å²) in [5.74, 6) is -0.0459. The maximum absolute atomic E-state index is 11.9. The van der Waals surface area contributed by atoms with Gasteiger partial charge in [0.05, 0.1) is 11.3 Å². The second kappa shape index (κ2) is 5.76. The molecule has 0 bridgehead atoms. The third-order valence-electron chi connectivity index (χ3n) is 3.27. The minimum absolute atomic E-state index is 0.0459. The van der Waals surface area contributed by atoms with Crippen LogP contribution in [0.4, 0.5) is 0 Å². The van der Waals surface area contributed by atoms with Crippen LogP contribution in [0, 0.1) is 25.2 Å². The first-order valence-corrected chi connectivity index (χ1v) is 6.64. The molecule has 0 spiro atoms. The van der Waals surface area contributed by atoms with E-state index in [0.717, 1.165) is 16.8 Å². The van der Waals surface area contributed by atoms with E-state index in [1.807, 2.05) is 32.0 Å². The topological polar surface area (TPSA) is 57.0 Å². The minimum atomic E-state index is -0.0459. The Morgan fingerprint density at radius 3 is 2.33 bits per heavy atom. The Kier molecular flexibility index (Phi) is 4.04. The van der Waals surface area contributed by atoms with Gasteiger partial charge in [0, 0.05) is 30.9 Å². The first-order chi connectivity index (χ1) is 9.93. The maximum Gasteiger partial charge on any atom is 0.253 e. The number of hydrogen-bond acceptors (Lipinski definition) is 3. The van der Waals surface area contributed by atoms with Crippen LogP contribution >= 0.6 is 0 Å². The van der Waals surface area contributed by atoms with Gasteiger partial charge in [-0.2, -0.15) is 5.26 Å². The summed E-state index contributed by atoms with van der Waals surface area (Å²) in [5, 5.41) is 9.32. The lowest BCUT2D eigenvalue weighted by atomic mass is 10.0. The van der Waals surface area contributed by atoms with Crippen molar-refractivity contribution in [3.63, 3.8) is 0 Å². The number of hydrogen-bond donors (Lipinski definition) is 0. The summed E-state index contributed by atoms with van der Waals surface area (Å²) in [6.07, 6.45) is 0. The molecular weight excluding hydrogens is 262 g/mol. The molecular formula is C17H17N3O. The number of carbonyl (C=O) groups excluding carboxylic acids is 1. The molecule has 21 heavy (non-hydrogen) atoms. The number of nitriles is 1. The summed E-state index contributed by atoms with van der Waals surface area (Å²) in [5.41, 5.74) is 4.48. The lowest BCUT2D eigenvalue weighted by molar-refractivity contribution is 0.0827. The first-order valence-electron chi connectivity index (χ1n) is 6.64. The van der Waals surface area contributed by atoms with Crippen molar-refractivity contribution in [2.45, 2.75) is 13.8 Å². The first kappa shape index (κ1) is 14.7. The molecule has 106 valence electrons. The van der Waals surface area contributed by atoms with E-state index < -0.39 is 0 Å². The van der Waals surface area contributed by atoms with Gasteiger partial charge in [-0.3, -0.25) is 9.78 Å². The highest BCUT2D eigenvalue weighted by Gasteiger charge is 2.12. The molecule has 0 unspecified atom stereocenters. The second-order valence-corrected chi connectivity index (χ2v) is 5.19. The standard InChI is InChI=1S/C17H17N3O/c1-11-9-12(2)19-16(15(11)10-18)13-5-7-14(8-6-13)17(21)20(3)4/h5-9H,1-4H3. The van der Waals surface area contributed by atoms with Crippen molar-refractivity contribution in [2.75, 3.05) is 14.1 Å². The van der Waals surface area contributed by atoms with Crippen molar-refractivity contribution in [1.29, 1.82) is 5.26 Å². The summed E-state index contributed by atoms with van der Waals surface area (Å²) in [6.45, 7) is 3.81. The minimum Gasteiger partial charge on any atom is -0.345 e. The van der Waals surface area contributed by atoms with E-state index in [2.05, 4.69) is 11.1 Å². The maximum atomic E-state index is 11.9. The van der Waals surface area contributed by atoms with Crippen molar-refractivity contribution < 1.29 is 4.79 Å². The zero-order valence-corrected chi connectivity index (χ0v) is 12.6. The van der Waals surface area contributed by atoms with E-state index >= 15 is 0 Å². The summed E-state index contributed by atoms with van der Waals surface area (Å²) in [4.78, 5) is 17.9. The molecule has 0 saturated heterocycles. The van der Waals surface area contributed by atoms with Crippen LogP contribution in [-0.2, 0) is 0 Å². The normalized spacial score (nSPS) is 10.0. The second-order valence-electron chi connectivity index (χ2n) is 5.19. The van der Waals surface area contributed by atoms with E-state index in [4.69, 9.17) is 0 Å². The molecule has 1 heterocycles. The molecule has 0 atom stereocenters. The summed E-state index contributed by atoms with van der Waals surface area (Å²) in [7, 11) is 3.44. The zero-order chi connectivity index (χ0) is 15.6. The van der Waals surface area contributed by atoms with Crippen molar-refractivity contribution in [3.8, 4) is 17.3 Å². The summed E-state index contributed by atoms with van der Waals surface area (Å²) in [6, 6.07) is 11.3. The van der Waals surface area contributed by atoms with E-state index in [-0.39, 0.29) is 5.91 Å². The largest absolute Gasteiger partial charge is 0.345 e. The predicted molar refractivity (Wildman–Crippen MR) is 81.9 cm³/mol. The van der Waals surface area contributed by atoms with Crippen molar-refractivity contribution >= 4 is 5.91 Å². The smallest absolute Gasteiger partial charge is 0.253 e. The van der Waals surface area contributed by atoms with Crippen LogP contribution in [0.15, 0.2) is 30.3 Å². The lowest BCUT2D eigenvalue weighted by Gasteiger charge is -2.11. The van der Waals surface area contributed by atoms with Crippen LogP contribution in [0.5, 0.6) is 0 Å². The van der Waals surface area contributed by atoms with E-state index in [1.165, 1.54) is 4.90 Å². The van der Waals surface area contributed by atoms with E-state index in [9.17, 15) is 10.1 Å². The van der Waals surface area contributed by atoms with Gasteiger partial charge in [0.25, 0.3) is 5.91 Å². The van der Waals surface area contributed by atoms with Crippen LogP contribution in [-0.4, -0.2) is 29.9 Å². The monoisotopic (exact) mass is 279 g/mol. The van der Waals surface area contributed by atoms with Gasteiger partial charge >= 0.3 is 0 Å². The Balaban J connectivity index is 2.49. The number of carbonyl (C=O) groups is 1. The molecule has 4 nitrogen and oxygen atoms in total.